The van der Waals surface area contributed by atoms with E-state index in [1.165, 1.54) is 88.4 Å². The molecule has 0 atom stereocenters. The second-order valence-corrected chi connectivity index (χ2v) is 12.9. The molecule has 7 aromatic carbocycles. The summed E-state index contributed by atoms with van der Waals surface area (Å²) in [5.41, 5.74) is 14.0. The monoisotopic (exact) mass is 612 g/mol. The van der Waals surface area contributed by atoms with Crippen LogP contribution in [0.15, 0.2) is 164 Å². The van der Waals surface area contributed by atoms with Gasteiger partial charge in [0.05, 0.1) is 22.2 Å². The molecule has 1 aliphatic rings. The minimum absolute atomic E-state index is 1.01. The minimum atomic E-state index is 1.01. The highest BCUT2D eigenvalue weighted by atomic mass is 15.0. The fraction of sp³-hybridized carbons (Fsp3) is 0.0435. The number of aromatic nitrogens is 2. The van der Waals surface area contributed by atoms with Crippen molar-refractivity contribution in [2.75, 3.05) is 0 Å². The number of nitrogens with zero attached hydrogens (tertiary/aromatic N) is 2. The SMILES string of the molecule is C1=C(c2ccc3c4ccccc4n(-c4ccc(-c5ccccc5)cc4)c3c2)CCc2c1n(-c1ccc3ccccc3c1)c1ccccc21. The maximum atomic E-state index is 2.47. The summed E-state index contributed by atoms with van der Waals surface area (Å²) in [6.07, 6.45) is 4.48. The van der Waals surface area contributed by atoms with Crippen LogP contribution in [0.5, 0.6) is 0 Å². The van der Waals surface area contributed by atoms with E-state index in [1.54, 1.807) is 0 Å². The van der Waals surface area contributed by atoms with Crippen LogP contribution in [0, 0.1) is 0 Å². The Hall–Kier alpha value is -6.12. The van der Waals surface area contributed by atoms with Crippen molar-refractivity contribution in [2.24, 2.45) is 0 Å². The molecule has 0 amide bonds. The molecule has 2 nitrogen and oxygen atoms in total. The second kappa shape index (κ2) is 10.7. The van der Waals surface area contributed by atoms with Gasteiger partial charge in [-0.1, -0.05) is 121 Å². The van der Waals surface area contributed by atoms with Crippen molar-refractivity contribution in [2.45, 2.75) is 12.8 Å². The number of aryl methyl sites for hydroxylation is 1. The fourth-order valence-corrected chi connectivity index (χ4v) is 7.94. The first-order valence-corrected chi connectivity index (χ1v) is 16.8. The molecule has 226 valence electrons. The molecule has 0 unspecified atom stereocenters. The summed E-state index contributed by atoms with van der Waals surface area (Å²) in [5.74, 6) is 0. The molecule has 0 N–H and O–H groups in total. The molecule has 0 saturated heterocycles. The average Bonchev–Trinajstić information content (AvgIpc) is 3.67. The summed E-state index contributed by atoms with van der Waals surface area (Å²) in [6, 6.07) is 59.9. The third-order valence-corrected chi connectivity index (χ3v) is 10.2. The Balaban J connectivity index is 1.14. The molecule has 0 saturated carbocycles. The van der Waals surface area contributed by atoms with Crippen LogP contribution in [0.25, 0.3) is 77.6 Å². The predicted molar refractivity (Wildman–Crippen MR) is 203 cm³/mol. The lowest BCUT2D eigenvalue weighted by Crippen LogP contribution is -2.03. The van der Waals surface area contributed by atoms with Crippen LogP contribution in [-0.4, -0.2) is 9.13 Å². The van der Waals surface area contributed by atoms with Crippen molar-refractivity contribution >= 4 is 55.1 Å². The molecule has 0 spiro atoms. The number of hydrogen-bond acceptors (Lipinski definition) is 0. The molecule has 9 aromatic rings. The number of benzene rings is 7. The number of allylic oxidation sites excluding steroid dienone is 1. The zero-order valence-corrected chi connectivity index (χ0v) is 26.5. The van der Waals surface area contributed by atoms with E-state index < -0.39 is 0 Å². The first-order valence-electron chi connectivity index (χ1n) is 16.8. The summed E-state index contributed by atoms with van der Waals surface area (Å²) >= 11 is 0. The third kappa shape index (κ3) is 4.19. The molecule has 0 aliphatic heterocycles. The zero-order valence-electron chi connectivity index (χ0n) is 26.5. The lowest BCUT2D eigenvalue weighted by molar-refractivity contribution is 0.981. The van der Waals surface area contributed by atoms with Gasteiger partial charge in [0.25, 0.3) is 0 Å². The number of hydrogen-bond donors (Lipinski definition) is 0. The average molecular weight is 613 g/mol. The predicted octanol–water partition coefficient (Wildman–Crippen LogP) is 12.0. The Morgan fingerprint density at radius 1 is 0.375 bits per heavy atom. The van der Waals surface area contributed by atoms with Crippen LogP contribution >= 0.6 is 0 Å². The van der Waals surface area contributed by atoms with Crippen LogP contribution < -0.4 is 0 Å². The largest absolute Gasteiger partial charge is 0.310 e. The second-order valence-electron chi connectivity index (χ2n) is 12.9. The van der Waals surface area contributed by atoms with E-state index in [9.17, 15) is 0 Å². The molecule has 10 rings (SSSR count). The standard InChI is InChI=1S/C46H32N2/c1-2-10-31(11-3-1)33-18-23-37(24-19-33)47-43-16-8-6-14-39(43)41-26-21-35(29-45(41)47)36-22-27-42-40-15-7-9-17-44(40)48(46(42)30-36)38-25-20-32-12-4-5-13-34(32)28-38/h1-21,23-26,28-30H,22,27H2. The Labute approximate surface area is 279 Å². The first kappa shape index (κ1) is 27.0. The molecule has 48 heavy (non-hydrogen) atoms. The van der Waals surface area contributed by atoms with E-state index in [0.717, 1.165) is 12.8 Å². The lowest BCUT2D eigenvalue weighted by atomic mass is 9.90. The fourth-order valence-electron chi connectivity index (χ4n) is 7.94. The van der Waals surface area contributed by atoms with Gasteiger partial charge in [0.1, 0.15) is 0 Å². The maximum Gasteiger partial charge on any atom is 0.0547 e. The van der Waals surface area contributed by atoms with Gasteiger partial charge in [-0.25, -0.2) is 0 Å². The normalized spacial score (nSPS) is 13.0. The van der Waals surface area contributed by atoms with Crippen LogP contribution in [0.4, 0.5) is 0 Å². The molecule has 0 radical (unpaired) electrons. The van der Waals surface area contributed by atoms with Gasteiger partial charge in [-0.3, -0.25) is 0 Å². The topological polar surface area (TPSA) is 9.86 Å². The molecule has 2 heterocycles. The number of fused-ring (bicyclic) bond motifs is 7. The van der Waals surface area contributed by atoms with Gasteiger partial charge in [-0.2, -0.15) is 0 Å². The van der Waals surface area contributed by atoms with Gasteiger partial charge in [-0.05, 0) is 100.0 Å². The van der Waals surface area contributed by atoms with Crippen molar-refractivity contribution in [3.63, 3.8) is 0 Å². The van der Waals surface area contributed by atoms with Crippen molar-refractivity contribution < 1.29 is 0 Å². The lowest BCUT2D eigenvalue weighted by Gasteiger charge is -2.18. The van der Waals surface area contributed by atoms with E-state index in [-0.39, 0.29) is 0 Å². The van der Waals surface area contributed by atoms with Crippen LogP contribution in [0.1, 0.15) is 23.2 Å². The van der Waals surface area contributed by atoms with Gasteiger partial charge in [0.2, 0.25) is 0 Å². The van der Waals surface area contributed by atoms with Gasteiger partial charge in [0.15, 0.2) is 0 Å². The van der Waals surface area contributed by atoms with Crippen LogP contribution in [0.3, 0.4) is 0 Å². The van der Waals surface area contributed by atoms with Crippen LogP contribution in [-0.2, 0) is 6.42 Å². The molecule has 0 fully saturated rings. The van der Waals surface area contributed by atoms with Gasteiger partial charge in [0, 0.05) is 27.5 Å². The Morgan fingerprint density at radius 2 is 1.00 bits per heavy atom. The Kier molecular flexibility index (Phi) is 6.04. The molecule has 2 aromatic heterocycles. The summed E-state index contributed by atoms with van der Waals surface area (Å²) in [6.45, 7) is 0. The van der Waals surface area contributed by atoms with Crippen molar-refractivity contribution in [1.82, 2.24) is 9.13 Å². The highest BCUT2D eigenvalue weighted by Crippen LogP contribution is 2.41. The van der Waals surface area contributed by atoms with E-state index in [1.807, 2.05) is 0 Å². The summed E-state index contributed by atoms with van der Waals surface area (Å²) in [5, 5.41) is 6.44. The highest BCUT2D eigenvalue weighted by Gasteiger charge is 2.22. The molecule has 2 heteroatoms. The minimum Gasteiger partial charge on any atom is -0.310 e. The Bertz CT molecular complexity index is 2700. The molecule has 1 aliphatic carbocycles. The van der Waals surface area contributed by atoms with Crippen LogP contribution in [0.2, 0.25) is 0 Å². The summed E-state index contributed by atoms with van der Waals surface area (Å²) in [4.78, 5) is 0. The quantitative estimate of drug-likeness (QED) is 0.187. The number of para-hydroxylation sites is 2. The van der Waals surface area contributed by atoms with E-state index in [0.29, 0.717) is 0 Å². The number of rotatable bonds is 4. The van der Waals surface area contributed by atoms with Gasteiger partial charge in [-0.15, -0.1) is 0 Å². The maximum absolute atomic E-state index is 2.47. The summed E-state index contributed by atoms with van der Waals surface area (Å²) in [7, 11) is 0. The molecular weight excluding hydrogens is 581 g/mol. The summed E-state index contributed by atoms with van der Waals surface area (Å²) < 4.78 is 4.91. The van der Waals surface area contributed by atoms with Gasteiger partial charge >= 0.3 is 0 Å². The zero-order chi connectivity index (χ0) is 31.6. The molecule has 0 bridgehead atoms. The van der Waals surface area contributed by atoms with E-state index in [2.05, 4.69) is 179 Å². The van der Waals surface area contributed by atoms with E-state index >= 15 is 0 Å². The smallest absolute Gasteiger partial charge is 0.0547 e. The van der Waals surface area contributed by atoms with Crippen molar-refractivity contribution in [3.8, 4) is 22.5 Å². The van der Waals surface area contributed by atoms with Gasteiger partial charge < -0.3 is 9.13 Å². The van der Waals surface area contributed by atoms with E-state index in [4.69, 9.17) is 0 Å². The molecular formula is C46H32N2. The third-order valence-electron chi connectivity index (χ3n) is 10.2. The first-order chi connectivity index (χ1) is 23.8. The van der Waals surface area contributed by atoms with Crippen molar-refractivity contribution in [1.29, 1.82) is 0 Å². The highest BCUT2D eigenvalue weighted by molar-refractivity contribution is 6.10. The van der Waals surface area contributed by atoms with Crippen molar-refractivity contribution in [3.05, 3.63) is 181 Å². The Morgan fingerprint density at radius 3 is 1.83 bits per heavy atom.